The normalized spacial score (nSPS) is 17.9. The van der Waals surface area contributed by atoms with Crippen LogP contribution in [0.25, 0.3) is 10.1 Å². The molecule has 4 aromatic rings. The zero-order chi connectivity index (χ0) is 25.9. The van der Waals surface area contributed by atoms with Crippen LogP contribution in [0.15, 0.2) is 54.0 Å². The highest BCUT2D eigenvalue weighted by Crippen LogP contribution is 2.32. The number of rotatable bonds is 7. The van der Waals surface area contributed by atoms with Crippen LogP contribution in [0.4, 0.5) is 27.5 Å². The summed E-state index contributed by atoms with van der Waals surface area (Å²) >= 11 is 1.50. The molecule has 1 aliphatic heterocycles. The molecule has 2 atom stereocenters. The fourth-order valence-electron chi connectivity index (χ4n) is 4.40. The molecule has 5 rings (SSSR count). The number of thiophene rings is 1. The Morgan fingerprint density at radius 1 is 1.16 bits per heavy atom. The van der Waals surface area contributed by atoms with Gasteiger partial charge in [-0.2, -0.15) is 4.98 Å². The number of carbonyl (C=O) groups excluding carboxylic acids is 1. The number of fused-ring (bicyclic) bond motifs is 1. The third kappa shape index (κ3) is 5.63. The van der Waals surface area contributed by atoms with Crippen LogP contribution < -0.4 is 26.1 Å². The van der Waals surface area contributed by atoms with E-state index >= 15 is 0 Å². The summed E-state index contributed by atoms with van der Waals surface area (Å²) in [7, 11) is 1.54. The number of benzene rings is 2. The topological polar surface area (TPSA) is 103 Å². The molecule has 192 valence electrons. The Morgan fingerprint density at radius 2 is 1.95 bits per heavy atom. The predicted molar refractivity (Wildman–Crippen MR) is 145 cm³/mol. The third-order valence-corrected chi connectivity index (χ3v) is 6.98. The Balaban J connectivity index is 1.39. The van der Waals surface area contributed by atoms with Crippen molar-refractivity contribution in [2.45, 2.75) is 25.9 Å². The van der Waals surface area contributed by atoms with Gasteiger partial charge < -0.3 is 20.7 Å². The van der Waals surface area contributed by atoms with E-state index in [1.165, 1.54) is 11.3 Å². The molecule has 11 heteroatoms. The lowest BCUT2D eigenvalue weighted by Crippen LogP contribution is -2.55. The molecule has 2 aromatic carbocycles. The zero-order valence-electron chi connectivity index (χ0n) is 20.7. The fourth-order valence-corrected chi connectivity index (χ4v) is 5.34. The van der Waals surface area contributed by atoms with Gasteiger partial charge in [0.15, 0.2) is 11.6 Å². The van der Waals surface area contributed by atoms with Gasteiger partial charge in [-0.3, -0.25) is 10.2 Å². The number of nitrogens with one attached hydrogen (secondary N) is 4. The van der Waals surface area contributed by atoms with Crippen LogP contribution in [0.2, 0.25) is 0 Å². The standard InChI is InChI=1S/C26H28FN7O2S/c1-15-12-34(13-16(2)29-15)33-26-28-11-20(27)24(32-26)30-21-9-8-17(36-3)10-22(21)31-25(35)19-14-37-23-7-5-4-6-18(19)23/h4-11,14-16,29H,12-13H2,1-3H3,(H,31,35)(H2,28,30,32,33)/t15-,16+. The predicted octanol–water partition coefficient (Wildman–Crippen LogP) is 4.84. The molecule has 1 aliphatic rings. The highest BCUT2D eigenvalue weighted by molar-refractivity contribution is 7.17. The van der Waals surface area contributed by atoms with Crippen molar-refractivity contribution in [1.29, 1.82) is 0 Å². The average molecular weight is 522 g/mol. The van der Waals surface area contributed by atoms with Crippen molar-refractivity contribution in [2.75, 3.05) is 36.3 Å². The quantitative estimate of drug-likeness (QED) is 0.274. The third-order valence-electron chi connectivity index (χ3n) is 6.01. The molecule has 1 saturated heterocycles. The number of hydrazine groups is 1. The van der Waals surface area contributed by atoms with Crippen molar-refractivity contribution < 1.29 is 13.9 Å². The van der Waals surface area contributed by atoms with Gasteiger partial charge in [0, 0.05) is 46.7 Å². The molecule has 1 amide bonds. The summed E-state index contributed by atoms with van der Waals surface area (Å²) in [4.78, 5) is 21.6. The lowest BCUT2D eigenvalue weighted by molar-refractivity contribution is 0.102. The lowest BCUT2D eigenvalue weighted by Gasteiger charge is -2.35. The first-order valence-electron chi connectivity index (χ1n) is 11.9. The number of methoxy groups -OCH3 is 1. The number of ether oxygens (including phenoxy) is 1. The van der Waals surface area contributed by atoms with Gasteiger partial charge in [-0.05, 0) is 32.0 Å². The van der Waals surface area contributed by atoms with E-state index in [2.05, 4.69) is 45.2 Å². The number of hydrogen-bond acceptors (Lipinski definition) is 9. The summed E-state index contributed by atoms with van der Waals surface area (Å²) in [5, 5.41) is 14.1. The second-order valence-corrected chi connectivity index (χ2v) is 9.92. The lowest BCUT2D eigenvalue weighted by atomic mass is 10.1. The van der Waals surface area contributed by atoms with E-state index in [0.29, 0.717) is 34.8 Å². The van der Waals surface area contributed by atoms with Gasteiger partial charge in [0.25, 0.3) is 5.91 Å². The van der Waals surface area contributed by atoms with Crippen molar-refractivity contribution in [3.63, 3.8) is 0 Å². The van der Waals surface area contributed by atoms with Crippen LogP contribution in [-0.4, -0.2) is 53.2 Å². The maximum Gasteiger partial charge on any atom is 0.257 e. The van der Waals surface area contributed by atoms with Crippen LogP contribution in [0.5, 0.6) is 5.75 Å². The number of nitrogens with zero attached hydrogens (tertiary/aromatic N) is 3. The van der Waals surface area contributed by atoms with E-state index in [1.54, 1.807) is 25.3 Å². The molecule has 0 spiro atoms. The van der Waals surface area contributed by atoms with E-state index in [1.807, 2.05) is 34.7 Å². The maximum atomic E-state index is 14.7. The molecule has 3 heterocycles. The molecule has 4 N–H and O–H groups in total. The number of aromatic nitrogens is 2. The van der Waals surface area contributed by atoms with Gasteiger partial charge in [0.2, 0.25) is 5.95 Å². The Bertz CT molecular complexity index is 1420. The van der Waals surface area contributed by atoms with Crippen LogP contribution in [-0.2, 0) is 0 Å². The summed E-state index contributed by atoms with van der Waals surface area (Å²) in [5.74, 6) is -0.0985. The summed E-state index contributed by atoms with van der Waals surface area (Å²) in [6.07, 6.45) is 1.12. The number of amides is 1. The van der Waals surface area contributed by atoms with Gasteiger partial charge in [-0.25, -0.2) is 14.4 Å². The van der Waals surface area contributed by atoms with Crippen LogP contribution in [0.1, 0.15) is 24.2 Å². The average Bonchev–Trinajstić information content (AvgIpc) is 3.31. The minimum Gasteiger partial charge on any atom is -0.497 e. The van der Waals surface area contributed by atoms with Crippen molar-refractivity contribution in [1.82, 2.24) is 20.3 Å². The number of piperazine rings is 1. The van der Waals surface area contributed by atoms with Crippen LogP contribution in [0, 0.1) is 5.82 Å². The number of anilines is 4. The highest BCUT2D eigenvalue weighted by Gasteiger charge is 2.22. The summed E-state index contributed by atoms with van der Waals surface area (Å²) in [6.45, 7) is 5.70. The molecular formula is C26H28FN7O2S. The largest absolute Gasteiger partial charge is 0.497 e. The molecule has 0 aliphatic carbocycles. The van der Waals surface area contributed by atoms with Crippen molar-refractivity contribution in [2.24, 2.45) is 0 Å². The first-order valence-corrected chi connectivity index (χ1v) is 12.8. The second kappa shape index (κ2) is 10.7. The molecule has 0 radical (unpaired) electrons. The zero-order valence-corrected chi connectivity index (χ0v) is 21.5. The first kappa shape index (κ1) is 24.9. The Hall–Kier alpha value is -3.80. The number of hydrogen-bond donors (Lipinski definition) is 4. The summed E-state index contributed by atoms with van der Waals surface area (Å²) < 4.78 is 21.1. The molecule has 37 heavy (non-hydrogen) atoms. The second-order valence-electron chi connectivity index (χ2n) is 9.01. The van der Waals surface area contributed by atoms with Crippen molar-refractivity contribution in [3.05, 3.63) is 65.4 Å². The monoisotopic (exact) mass is 521 g/mol. The number of carbonyl (C=O) groups is 1. The van der Waals surface area contributed by atoms with Gasteiger partial charge in [0.1, 0.15) is 5.75 Å². The molecule has 2 aromatic heterocycles. The molecule has 0 saturated carbocycles. The van der Waals surface area contributed by atoms with Gasteiger partial charge in [0.05, 0.1) is 30.2 Å². The van der Waals surface area contributed by atoms with Gasteiger partial charge >= 0.3 is 0 Å². The molecule has 9 nitrogen and oxygen atoms in total. The van der Waals surface area contributed by atoms with E-state index in [9.17, 15) is 9.18 Å². The van der Waals surface area contributed by atoms with Crippen molar-refractivity contribution >= 4 is 50.5 Å². The minimum absolute atomic E-state index is 0.0182. The smallest absolute Gasteiger partial charge is 0.257 e. The summed E-state index contributed by atoms with van der Waals surface area (Å²) in [5.41, 5.74) is 4.62. The van der Waals surface area contributed by atoms with E-state index in [-0.39, 0.29) is 17.7 Å². The van der Waals surface area contributed by atoms with E-state index in [0.717, 1.165) is 29.4 Å². The van der Waals surface area contributed by atoms with Gasteiger partial charge in [-0.15, -0.1) is 11.3 Å². The van der Waals surface area contributed by atoms with Crippen LogP contribution in [0.3, 0.4) is 0 Å². The SMILES string of the molecule is COc1ccc(Nc2nc(NN3C[C@@H](C)N[C@@H](C)C3)ncc2F)c(NC(=O)c2csc3ccccc23)c1. The first-order chi connectivity index (χ1) is 17.9. The minimum atomic E-state index is -0.621. The molecular weight excluding hydrogens is 493 g/mol. The fraction of sp³-hybridized carbons (Fsp3) is 0.269. The summed E-state index contributed by atoms with van der Waals surface area (Å²) in [6, 6.07) is 13.4. The van der Waals surface area contributed by atoms with Crippen LogP contribution >= 0.6 is 11.3 Å². The van der Waals surface area contributed by atoms with E-state index < -0.39 is 5.82 Å². The molecule has 0 unspecified atom stereocenters. The van der Waals surface area contributed by atoms with Crippen molar-refractivity contribution in [3.8, 4) is 5.75 Å². The molecule has 0 bridgehead atoms. The Kier molecular flexibility index (Phi) is 7.17. The van der Waals surface area contributed by atoms with Gasteiger partial charge in [-0.1, -0.05) is 18.2 Å². The highest BCUT2D eigenvalue weighted by atomic mass is 32.1. The number of halogens is 1. The Morgan fingerprint density at radius 3 is 2.73 bits per heavy atom. The molecule has 1 fully saturated rings. The van der Waals surface area contributed by atoms with E-state index in [4.69, 9.17) is 4.74 Å². The Labute approximate surface area is 218 Å². The maximum absolute atomic E-state index is 14.7.